The summed E-state index contributed by atoms with van der Waals surface area (Å²) in [5.41, 5.74) is 2.98. The maximum absolute atomic E-state index is 5.35. The van der Waals surface area contributed by atoms with Crippen molar-refractivity contribution in [3.8, 4) is 5.75 Å². The number of fused-ring (bicyclic) bond motifs is 1. The third-order valence-electron chi connectivity index (χ3n) is 5.32. The van der Waals surface area contributed by atoms with Crippen molar-refractivity contribution in [1.82, 2.24) is 5.32 Å². The van der Waals surface area contributed by atoms with Crippen LogP contribution in [0.4, 0.5) is 0 Å². The molecule has 1 N–H and O–H groups in total. The van der Waals surface area contributed by atoms with Crippen molar-refractivity contribution in [3.63, 3.8) is 0 Å². The Balaban J connectivity index is 1.50. The summed E-state index contributed by atoms with van der Waals surface area (Å²) in [6.07, 6.45) is 12.4. The molecule has 0 aromatic heterocycles. The Bertz CT molecular complexity index is 451. The number of hydrogen-bond acceptors (Lipinski definition) is 2. The molecule has 0 saturated heterocycles. The van der Waals surface area contributed by atoms with E-state index < -0.39 is 0 Å². The molecule has 2 heteroatoms. The molecule has 2 nitrogen and oxygen atoms in total. The zero-order valence-corrected chi connectivity index (χ0v) is 13.4. The highest BCUT2D eigenvalue weighted by molar-refractivity contribution is 5.39. The minimum absolute atomic E-state index is 0.559. The Morgan fingerprint density at radius 3 is 2.81 bits per heavy atom. The van der Waals surface area contributed by atoms with E-state index in [4.69, 9.17) is 4.74 Å². The smallest absolute Gasteiger partial charge is 0.119 e. The van der Waals surface area contributed by atoms with Crippen molar-refractivity contribution < 1.29 is 4.74 Å². The van der Waals surface area contributed by atoms with Crippen molar-refractivity contribution in [1.29, 1.82) is 0 Å². The Labute approximate surface area is 129 Å². The maximum atomic E-state index is 5.35. The lowest BCUT2D eigenvalue weighted by Crippen LogP contribution is -2.26. The van der Waals surface area contributed by atoms with Crippen molar-refractivity contribution in [3.05, 3.63) is 29.3 Å². The van der Waals surface area contributed by atoms with Crippen LogP contribution >= 0.6 is 0 Å². The number of rotatable bonds is 6. The predicted molar refractivity (Wildman–Crippen MR) is 87.9 cm³/mol. The van der Waals surface area contributed by atoms with Crippen LogP contribution in [0.5, 0.6) is 5.75 Å². The average molecular weight is 287 g/mol. The molecule has 1 atom stereocenters. The molecule has 1 aromatic rings. The first-order valence-corrected chi connectivity index (χ1v) is 8.77. The average Bonchev–Trinajstić information content (AvgIpc) is 3.04. The molecular weight excluding hydrogens is 258 g/mol. The van der Waals surface area contributed by atoms with Gasteiger partial charge in [-0.05, 0) is 67.8 Å². The Hall–Kier alpha value is -1.02. The van der Waals surface area contributed by atoms with Crippen molar-refractivity contribution in [2.45, 2.75) is 63.8 Å². The molecule has 21 heavy (non-hydrogen) atoms. The number of methoxy groups -OCH3 is 1. The quantitative estimate of drug-likeness (QED) is 0.770. The third kappa shape index (κ3) is 3.79. The zero-order valence-electron chi connectivity index (χ0n) is 13.4. The van der Waals surface area contributed by atoms with E-state index in [1.54, 1.807) is 7.11 Å². The Kier molecular flexibility index (Phi) is 5.18. The van der Waals surface area contributed by atoms with Crippen LogP contribution in [0.2, 0.25) is 0 Å². The first-order chi connectivity index (χ1) is 10.4. The van der Waals surface area contributed by atoms with Gasteiger partial charge < -0.3 is 10.1 Å². The molecule has 0 bridgehead atoms. The van der Waals surface area contributed by atoms with Gasteiger partial charge in [-0.15, -0.1) is 0 Å². The van der Waals surface area contributed by atoms with Crippen molar-refractivity contribution in [2.24, 2.45) is 5.92 Å². The SMILES string of the molecule is COc1ccc2c(c1)CCCC2NCCCC1CCCC1. The molecule has 3 rings (SSSR count). The van der Waals surface area contributed by atoms with E-state index in [0.29, 0.717) is 6.04 Å². The van der Waals surface area contributed by atoms with Crippen LogP contribution in [0.3, 0.4) is 0 Å². The molecule has 0 spiro atoms. The Morgan fingerprint density at radius 2 is 2.00 bits per heavy atom. The van der Waals surface area contributed by atoms with Gasteiger partial charge in [0.2, 0.25) is 0 Å². The standard InChI is InChI=1S/C19H29NO/c1-21-17-11-12-18-16(14-17)9-4-10-19(18)20-13-5-8-15-6-2-3-7-15/h11-12,14-15,19-20H,2-10,13H2,1H3. The lowest BCUT2D eigenvalue weighted by Gasteiger charge is -2.27. The van der Waals surface area contributed by atoms with Gasteiger partial charge in [0, 0.05) is 6.04 Å². The van der Waals surface area contributed by atoms with Crippen LogP contribution in [0.1, 0.15) is 68.5 Å². The second-order valence-electron chi connectivity index (χ2n) is 6.76. The van der Waals surface area contributed by atoms with E-state index in [-0.39, 0.29) is 0 Å². The van der Waals surface area contributed by atoms with E-state index in [1.807, 2.05) is 0 Å². The van der Waals surface area contributed by atoms with Crippen LogP contribution in [0.15, 0.2) is 18.2 Å². The third-order valence-corrected chi connectivity index (χ3v) is 5.32. The fourth-order valence-electron chi connectivity index (χ4n) is 4.10. The second kappa shape index (κ2) is 7.31. The van der Waals surface area contributed by atoms with Gasteiger partial charge in [-0.1, -0.05) is 31.7 Å². The lowest BCUT2D eigenvalue weighted by atomic mass is 9.87. The van der Waals surface area contributed by atoms with Crippen molar-refractivity contribution in [2.75, 3.05) is 13.7 Å². The minimum atomic E-state index is 0.559. The first-order valence-electron chi connectivity index (χ1n) is 8.77. The van der Waals surface area contributed by atoms with Crippen molar-refractivity contribution >= 4 is 0 Å². The highest BCUT2D eigenvalue weighted by Gasteiger charge is 2.20. The predicted octanol–water partition coefficient (Wildman–Crippen LogP) is 4.63. The van der Waals surface area contributed by atoms with Gasteiger partial charge in [-0.3, -0.25) is 0 Å². The monoisotopic (exact) mass is 287 g/mol. The van der Waals surface area contributed by atoms with Crippen LogP contribution in [-0.2, 0) is 6.42 Å². The summed E-state index contributed by atoms with van der Waals surface area (Å²) in [5, 5.41) is 3.80. The van der Waals surface area contributed by atoms with Gasteiger partial charge in [-0.25, -0.2) is 0 Å². The fourth-order valence-corrected chi connectivity index (χ4v) is 4.10. The fraction of sp³-hybridized carbons (Fsp3) is 0.684. The summed E-state index contributed by atoms with van der Waals surface area (Å²) in [6, 6.07) is 7.16. The Morgan fingerprint density at radius 1 is 1.14 bits per heavy atom. The van der Waals surface area contributed by atoms with Crippen LogP contribution in [-0.4, -0.2) is 13.7 Å². The number of benzene rings is 1. The summed E-state index contributed by atoms with van der Waals surface area (Å²) >= 11 is 0. The first kappa shape index (κ1) is 14.9. The number of nitrogens with one attached hydrogen (secondary N) is 1. The van der Waals surface area contributed by atoms with Gasteiger partial charge in [0.15, 0.2) is 0 Å². The van der Waals surface area contributed by atoms with Gasteiger partial charge in [0.1, 0.15) is 5.75 Å². The summed E-state index contributed by atoms with van der Waals surface area (Å²) in [5.74, 6) is 2.02. The molecule has 0 heterocycles. The van der Waals surface area contributed by atoms with E-state index in [1.165, 1.54) is 75.5 Å². The summed E-state index contributed by atoms with van der Waals surface area (Å²) in [7, 11) is 1.75. The van der Waals surface area contributed by atoms with Crippen LogP contribution < -0.4 is 10.1 Å². The van der Waals surface area contributed by atoms with Crippen LogP contribution in [0.25, 0.3) is 0 Å². The number of hydrogen-bond donors (Lipinski definition) is 1. The topological polar surface area (TPSA) is 21.3 Å². The van der Waals surface area contributed by atoms with Gasteiger partial charge >= 0.3 is 0 Å². The molecule has 2 aliphatic rings. The number of aryl methyl sites for hydroxylation is 1. The minimum Gasteiger partial charge on any atom is -0.497 e. The van der Waals surface area contributed by atoms with E-state index in [9.17, 15) is 0 Å². The molecule has 1 fully saturated rings. The summed E-state index contributed by atoms with van der Waals surface area (Å²) in [4.78, 5) is 0. The molecule has 1 unspecified atom stereocenters. The highest BCUT2D eigenvalue weighted by Crippen LogP contribution is 2.32. The van der Waals surface area contributed by atoms with Crippen LogP contribution in [0, 0.1) is 5.92 Å². The molecule has 0 amide bonds. The lowest BCUT2D eigenvalue weighted by molar-refractivity contribution is 0.407. The molecule has 116 valence electrons. The summed E-state index contributed by atoms with van der Waals surface area (Å²) < 4.78 is 5.35. The van der Waals surface area contributed by atoms with Gasteiger partial charge in [-0.2, -0.15) is 0 Å². The molecule has 0 aliphatic heterocycles. The molecule has 1 aromatic carbocycles. The molecular formula is C19H29NO. The highest BCUT2D eigenvalue weighted by atomic mass is 16.5. The van der Waals surface area contributed by atoms with Gasteiger partial charge in [0.05, 0.1) is 7.11 Å². The largest absolute Gasteiger partial charge is 0.497 e. The van der Waals surface area contributed by atoms with E-state index in [0.717, 1.165) is 11.7 Å². The van der Waals surface area contributed by atoms with Gasteiger partial charge in [0.25, 0.3) is 0 Å². The maximum Gasteiger partial charge on any atom is 0.119 e. The molecule has 0 radical (unpaired) electrons. The van der Waals surface area contributed by atoms with E-state index in [2.05, 4.69) is 23.5 Å². The molecule has 2 aliphatic carbocycles. The molecule has 1 saturated carbocycles. The normalized spacial score (nSPS) is 22.2. The number of ether oxygens (including phenoxy) is 1. The van der Waals surface area contributed by atoms with E-state index >= 15 is 0 Å². The summed E-state index contributed by atoms with van der Waals surface area (Å²) in [6.45, 7) is 1.17. The zero-order chi connectivity index (χ0) is 14.5. The second-order valence-corrected chi connectivity index (χ2v) is 6.76.